The Hall–Kier alpha value is -2.54. The van der Waals surface area contributed by atoms with Gasteiger partial charge in [0.1, 0.15) is 0 Å². The zero-order chi connectivity index (χ0) is 16.1. The topological polar surface area (TPSA) is 104 Å². The van der Waals surface area contributed by atoms with E-state index in [4.69, 9.17) is 5.73 Å². The molecule has 7 heteroatoms. The molecule has 116 valence electrons. The van der Waals surface area contributed by atoms with Crippen LogP contribution in [0.3, 0.4) is 0 Å². The number of nitrogens with zero attached hydrogens (tertiary/aromatic N) is 3. The first-order valence-corrected chi connectivity index (χ1v) is 7.12. The molecule has 0 atom stereocenters. The number of unbranched alkanes of at least 4 members (excludes halogenated alkanes) is 1. The standard InChI is InChI=1S/C15H18N4O3/c1-2-3-8-18-15(20)12(10-16)9-14(17-18)11-4-6-13(7-5-11)19(21)22/h4-7,9H,2-3,8,10,16H2,1H3. The van der Waals surface area contributed by atoms with Crippen molar-refractivity contribution in [3.8, 4) is 11.3 Å². The number of nitro benzene ring substituents is 1. The van der Waals surface area contributed by atoms with E-state index in [2.05, 4.69) is 5.10 Å². The fourth-order valence-electron chi connectivity index (χ4n) is 2.10. The summed E-state index contributed by atoms with van der Waals surface area (Å²) < 4.78 is 1.42. The van der Waals surface area contributed by atoms with Crippen LogP contribution in [0.1, 0.15) is 25.3 Å². The first-order valence-electron chi connectivity index (χ1n) is 7.12. The first kappa shape index (κ1) is 15.8. The zero-order valence-corrected chi connectivity index (χ0v) is 12.4. The molecule has 0 spiro atoms. The molecule has 1 heterocycles. The van der Waals surface area contributed by atoms with Crippen LogP contribution >= 0.6 is 0 Å². The van der Waals surface area contributed by atoms with Crippen LogP contribution in [0.25, 0.3) is 11.3 Å². The lowest BCUT2D eigenvalue weighted by Gasteiger charge is -2.09. The van der Waals surface area contributed by atoms with E-state index >= 15 is 0 Å². The van der Waals surface area contributed by atoms with Gasteiger partial charge in [-0.2, -0.15) is 5.10 Å². The molecule has 0 aliphatic rings. The van der Waals surface area contributed by atoms with Gasteiger partial charge in [-0.15, -0.1) is 0 Å². The third kappa shape index (κ3) is 3.37. The normalized spacial score (nSPS) is 10.6. The maximum Gasteiger partial charge on any atom is 0.271 e. The SMILES string of the molecule is CCCCn1nc(-c2ccc([N+](=O)[O-])cc2)cc(CN)c1=O. The molecule has 7 nitrogen and oxygen atoms in total. The van der Waals surface area contributed by atoms with E-state index in [1.807, 2.05) is 6.92 Å². The van der Waals surface area contributed by atoms with E-state index < -0.39 is 4.92 Å². The predicted octanol–water partition coefficient (Wildman–Crippen LogP) is 2.08. The average Bonchev–Trinajstić information content (AvgIpc) is 2.54. The number of hydrogen-bond acceptors (Lipinski definition) is 5. The van der Waals surface area contributed by atoms with Gasteiger partial charge in [-0.1, -0.05) is 13.3 Å². The second kappa shape index (κ2) is 6.95. The van der Waals surface area contributed by atoms with E-state index in [1.54, 1.807) is 18.2 Å². The summed E-state index contributed by atoms with van der Waals surface area (Å²) in [6, 6.07) is 7.72. The van der Waals surface area contributed by atoms with Crippen LogP contribution in [-0.2, 0) is 13.1 Å². The van der Waals surface area contributed by atoms with Crippen LogP contribution in [0, 0.1) is 10.1 Å². The Labute approximate surface area is 127 Å². The molecule has 0 aliphatic carbocycles. The molecule has 0 radical (unpaired) electrons. The second-order valence-electron chi connectivity index (χ2n) is 4.94. The molecule has 1 aromatic carbocycles. The zero-order valence-electron chi connectivity index (χ0n) is 12.4. The molecule has 22 heavy (non-hydrogen) atoms. The second-order valence-corrected chi connectivity index (χ2v) is 4.94. The summed E-state index contributed by atoms with van der Waals surface area (Å²) in [5.74, 6) is 0. The summed E-state index contributed by atoms with van der Waals surface area (Å²) in [6.07, 6.45) is 1.80. The van der Waals surface area contributed by atoms with E-state index in [-0.39, 0.29) is 17.8 Å². The summed E-state index contributed by atoms with van der Waals surface area (Å²) in [5.41, 5.74) is 7.25. The molecule has 0 fully saturated rings. The molecule has 2 N–H and O–H groups in total. The van der Waals surface area contributed by atoms with Gasteiger partial charge in [0.05, 0.1) is 10.6 Å². The summed E-state index contributed by atoms with van der Waals surface area (Å²) in [4.78, 5) is 22.4. The van der Waals surface area contributed by atoms with Crippen molar-refractivity contribution in [1.82, 2.24) is 9.78 Å². The molecule has 1 aromatic heterocycles. The van der Waals surface area contributed by atoms with Crippen LogP contribution in [0.15, 0.2) is 35.1 Å². The number of rotatable bonds is 6. The van der Waals surface area contributed by atoms with E-state index in [0.717, 1.165) is 12.8 Å². The molecule has 0 saturated heterocycles. The quantitative estimate of drug-likeness (QED) is 0.649. The van der Waals surface area contributed by atoms with Gasteiger partial charge in [0, 0.05) is 36.3 Å². The van der Waals surface area contributed by atoms with Gasteiger partial charge in [0.25, 0.3) is 11.2 Å². The van der Waals surface area contributed by atoms with Crippen molar-refractivity contribution in [1.29, 1.82) is 0 Å². The maximum atomic E-state index is 12.2. The molecule has 2 rings (SSSR count). The average molecular weight is 302 g/mol. The molecule has 0 amide bonds. The Balaban J connectivity index is 2.45. The van der Waals surface area contributed by atoms with Crippen LogP contribution in [0.5, 0.6) is 0 Å². The van der Waals surface area contributed by atoms with Crippen molar-refractivity contribution >= 4 is 5.69 Å². The van der Waals surface area contributed by atoms with Gasteiger partial charge in [-0.05, 0) is 24.6 Å². The fraction of sp³-hybridized carbons (Fsp3) is 0.333. The molecule has 0 saturated carbocycles. The first-order chi connectivity index (χ1) is 10.6. The molecular formula is C15H18N4O3. The summed E-state index contributed by atoms with van der Waals surface area (Å²) >= 11 is 0. The van der Waals surface area contributed by atoms with Gasteiger partial charge in [-0.3, -0.25) is 14.9 Å². The molecule has 0 bridgehead atoms. The third-order valence-electron chi connectivity index (χ3n) is 3.37. The van der Waals surface area contributed by atoms with Gasteiger partial charge < -0.3 is 5.73 Å². The summed E-state index contributed by atoms with van der Waals surface area (Å²) in [7, 11) is 0. The summed E-state index contributed by atoms with van der Waals surface area (Å²) in [5, 5.41) is 15.0. The highest BCUT2D eigenvalue weighted by Gasteiger charge is 2.10. The highest BCUT2D eigenvalue weighted by Crippen LogP contribution is 2.20. The molecule has 0 unspecified atom stereocenters. The lowest BCUT2D eigenvalue weighted by Crippen LogP contribution is -2.28. The Morgan fingerprint density at radius 3 is 2.55 bits per heavy atom. The predicted molar refractivity (Wildman–Crippen MR) is 83.4 cm³/mol. The van der Waals surface area contributed by atoms with Crippen molar-refractivity contribution in [2.75, 3.05) is 0 Å². The Bertz CT molecular complexity index is 723. The summed E-state index contributed by atoms with van der Waals surface area (Å²) in [6.45, 7) is 2.70. The maximum absolute atomic E-state index is 12.2. The molecular weight excluding hydrogens is 284 g/mol. The third-order valence-corrected chi connectivity index (χ3v) is 3.37. The van der Waals surface area contributed by atoms with Crippen LogP contribution in [-0.4, -0.2) is 14.7 Å². The number of nitro groups is 1. The minimum absolute atomic E-state index is 0.0158. The Kier molecular flexibility index (Phi) is 5.00. The number of aryl methyl sites for hydroxylation is 1. The van der Waals surface area contributed by atoms with Gasteiger partial charge in [0.15, 0.2) is 0 Å². The lowest BCUT2D eigenvalue weighted by atomic mass is 10.1. The van der Waals surface area contributed by atoms with Crippen molar-refractivity contribution in [2.24, 2.45) is 5.73 Å². The monoisotopic (exact) mass is 302 g/mol. The van der Waals surface area contributed by atoms with Crippen molar-refractivity contribution in [3.63, 3.8) is 0 Å². The lowest BCUT2D eigenvalue weighted by molar-refractivity contribution is -0.384. The Morgan fingerprint density at radius 2 is 2.00 bits per heavy atom. The minimum atomic E-state index is -0.454. The molecule has 2 aromatic rings. The van der Waals surface area contributed by atoms with E-state index in [9.17, 15) is 14.9 Å². The van der Waals surface area contributed by atoms with E-state index in [0.29, 0.717) is 23.4 Å². The Morgan fingerprint density at radius 1 is 1.32 bits per heavy atom. The fourth-order valence-corrected chi connectivity index (χ4v) is 2.10. The molecule has 0 aliphatic heterocycles. The highest BCUT2D eigenvalue weighted by atomic mass is 16.6. The van der Waals surface area contributed by atoms with Crippen LogP contribution < -0.4 is 11.3 Å². The van der Waals surface area contributed by atoms with Gasteiger partial charge >= 0.3 is 0 Å². The van der Waals surface area contributed by atoms with Crippen LogP contribution in [0.2, 0.25) is 0 Å². The van der Waals surface area contributed by atoms with Crippen LogP contribution in [0.4, 0.5) is 5.69 Å². The van der Waals surface area contributed by atoms with Crippen molar-refractivity contribution in [3.05, 3.63) is 56.4 Å². The van der Waals surface area contributed by atoms with Crippen molar-refractivity contribution in [2.45, 2.75) is 32.9 Å². The minimum Gasteiger partial charge on any atom is -0.326 e. The number of benzene rings is 1. The number of aromatic nitrogens is 2. The highest BCUT2D eigenvalue weighted by molar-refractivity contribution is 5.60. The van der Waals surface area contributed by atoms with Gasteiger partial charge in [-0.25, -0.2) is 4.68 Å². The number of hydrogen-bond donors (Lipinski definition) is 1. The number of non-ortho nitro benzene ring substituents is 1. The largest absolute Gasteiger partial charge is 0.326 e. The van der Waals surface area contributed by atoms with Crippen molar-refractivity contribution < 1.29 is 4.92 Å². The van der Waals surface area contributed by atoms with E-state index in [1.165, 1.54) is 16.8 Å². The smallest absolute Gasteiger partial charge is 0.271 e. The number of nitrogens with two attached hydrogens (primary N) is 1. The van der Waals surface area contributed by atoms with Gasteiger partial charge in [0.2, 0.25) is 0 Å².